The molecule has 1 unspecified atom stereocenters. The van der Waals surface area contributed by atoms with Crippen LogP contribution in [0.4, 0.5) is 45.0 Å². The molecule has 1 aliphatic carbocycles. The van der Waals surface area contributed by atoms with E-state index >= 15 is 0 Å². The summed E-state index contributed by atoms with van der Waals surface area (Å²) in [5.41, 5.74) is 3.77. The molecule has 1 aromatic carbocycles. The van der Waals surface area contributed by atoms with Crippen LogP contribution >= 0.6 is 0 Å². The van der Waals surface area contributed by atoms with Crippen LogP contribution in [-0.4, -0.2) is 160 Å². The smallest absolute Gasteiger partial charge is 0.256 e. The van der Waals surface area contributed by atoms with E-state index in [9.17, 15) is 14.0 Å². The summed E-state index contributed by atoms with van der Waals surface area (Å²) in [6, 6.07) is 5.58. The third-order valence-electron chi connectivity index (χ3n) is 13.3. The van der Waals surface area contributed by atoms with Gasteiger partial charge in [-0.15, -0.1) is 5.10 Å². The Kier molecular flexibility index (Phi) is 13.3. The number of rotatable bonds is 17. The molecule has 0 spiro atoms. The number of carbonyl (C=O) groups is 2. The highest BCUT2D eigenvalue weighted by Crippen LogP contribution is 2.38. The molecule has 5 aromatic rings. The van der Waals surface area contributed by atoms with Crippen molar-refractivity contribution in [1.82, 2.24) is 54.4 Å². The van der Waals surface area contributed by atoms with Crippen LogP contribution in [0.3, 0.4) is 0 Å². The molecule has 2 atom stereocenters. The number of likely N-dealkylation sites (N-methyl/N-ethyl adjacent to an activating group) is 1. The quantitative estimate of drug-likeness (QED) is 0.112. The fourth-order valence-electron chi connectivity index (χ4n) is 9.41. The van der Waals surface area contributed by atoms with Crippen molar-refractivity contribution in [3.8, 4) is 11.6 Å². The number of methoxy groups -OCH3 is 2. The van der Waals surface area contributed by atoms with E-state index < -0.39 is 6.17 Å². The molecule has 0 radical (unpaired) electrons. The zero-order valence-electron chi connectivity index (χ0n) is 38.5. The zero-order chi connectivity index (χ0) is 45.9. The van der Waals surface area contributed by atoms with E-state index in [-0.39, 0.29) is 30.3 Å². The second kappa shape index (κ2) is 19.6. The molecule has 1 saturated carbocycles. The van der Waals surface area contributed by atoms with Crippen molar-refractivity contribution in [3.63, 3.8) is 0 Å². The molecular formula is C45H61FN16O4. The van der Waals surface area contributed by atoms with Crippen LogP contribution in [0, 0.1) is 5.92 Å². The summed E-state index contributed by atoms with van der Waals surface area (Å²) in [5, 5.41) is 14.4. The zero-order valence-corrected chi connectivity index (χ0v) is 38.5. The largest absolute Gasteiger partial charge is 0.495 e. The van der Waals surface area contributed by atoms with Crippen molar-refractivity contribution in [2.45, 2.75) is 64.2 Å². The van der Waals surface area contributed by atoms with Gasteiger partial charge < -0.3 is 54.5 Å². The number of amides is 2. The lowest BCUT2D eigenvalue weighted by Crippen LogP contribution is -2.48. The summed E-state index contributed by atoms with van der Waals surface area (Å²) in [6.45, 7) is 10.0. The van der Waals surface area contributed by atoms with Crippen molar-refractivity contribution >= 4 is 63.6 Å². The number of ether oxygens (including phenoxy) is 2. The lowest BCUT2D eigenvalue weighted by molar-refractivity contribution is -0.117. The molecule has 352 valence electrons. The molecule has 21 heteroatoms. The Morgan fingerprint density at radius 3 is 2.41 bits per heavy atom. The normalized spacial score (nSPS) is 19.5. The number of benzene rings is 1. The highest BCUT2D eigenvalue weighted by Gasteiger charge is 2.35. The first-order valence-corrected chi connectivity index (χ1v) is 23.1. The standard InChI is InChI=1S/C45H61FN16O4/c1-29-24-60(25-32(29)46)45-52-39(38-41(54-45)56(2)28-49-38)50-34-26-61(55-43(34)66-5)17-9-16-59-20-18-58(19-21-59)15-8-14-47-42(64)30-12-13-33(36(22-30)65-4)51-44-48-23-35-40(53-44)62(27-37(63)57(35)3)31-10-6-7-11-31/h12-13,22-23,26,28-29,31-32H,6-11,14-21,24-25,27H2,1-5H3,(H,47,64)(H,48,51,53)(H,50,52,54)/t29?,32-/m1/s1. The number of hydrogen-bond acceptors (Lipinski definition) is 16. The van der Waals surface area contributed by atoms with E-state index in [1.807, 2.05) is 34.3 Å². The number of aromatic nitrogens is 8. The van der Waals surface area contributed by atoms with Gasteiger partial charge in [0, 0.05) is 77.4 Å². The Morgan fingerprint density at radius 2 is 1.68 bits per heavy atom. The summed E-state index contributed by atoms with van der Waals surface area (Å²) in [6.07, 6.45) is 10.5. The van der Waals surface area contributed by atoms with Crippen LogP contribution in [0.15, 0.2) is 36.9 Å². The average Bonchev–Trinajstić information content (AvgIpc) is 4.15. The number of alkyl halides is 1. The average molecular weight is 909 g/mol. The summed E-state index contributed by atoms with van der Waals surface area (Å²) in [7, 11) is 6.81. The first-order chi connectivity index (χ1) is 32.0. The summed E-state index contributed by atoms with van der Waals surface area (Å²) >= 11 is 0. The monoisotopic (exact) mass is 909 g/mol. The van der Waals surface area contributed by atoms with Crippen molar-refractivity contribution in [2.75, 3.05) is 112 Å². The second-order valence-electron chi connectivity index (χ2n) is 17.8. The van der Waals surface area contributed by atoms with E-state index in [1.54, 1.807) is 56.9 Å². The fraction of sp³-hybridized carbons (Fsp3) is 0.556. The van der Waals surface area contributed by atoms with Gasteiger partial charge in [0.1, 0.15) is 23.3 Å². The summed E-state index contributed by atoms with van der Waals surface area (Å²) < 4.78 is 29.5. The van der Waals surface area contributed by atoms with Crippen LogP contribution in [0.2, 0.25) is 0 Å². The van der Waals surface area contributed by atoms with Gasteiger partial charge in [-0.05, 0) is 57.0 Å². The van der Waals surface area contributed by atoms with Crippen LogP contribution in [0.5, 0.6) is 11.6 Å². The number of imidazole rings is 1. The highest BCUT2D eigenvalue weighted by atomic mass is 19.1. The maximum absolute atomic E-state index is 14.4. The second-order valence-corrected chi connectivity index (χ2v) is 17.8. The molecule has 9 rings (SSSR count). The van der Waals surface area contributed by atoms with Gasteiger partial charge in [-0.2, -0.15) is 15.0 Å². The molecule has 66 heavy (non-hydrogen) atoms. The molecule has 3 fully saturated rings. The summed E-state index contributed by atoms with van der Waals surface area (Å²) in [4.78, 5) is 59.9. The van der Waals surface area contributed by atoms with Crippen molar-refractivity contribution < 1.29 is 23.5 Å². The molecule has 3 N–H and O–H groups in total. The number of fused-ring (bicyclic) bond motifs is 2. The Bertz CT molecular complexity index is 2510. The Balaban J connectivity index is 0.709. The SMILES string of the molecule is COc1cc(C(=O)NCCCN2CCN(CCCn3cc(Nc4nc(N5CC(C)[C@H](F)C5)nc5c4ncn5C)c(OC)n3)CC2)ccc1Nc1ncc2c(n1)N(C1CCCC1)CC(=O)N2C. The maximum atomic E-state index is 14.4. The molecule has 2 amide bonds. The van der Waals surface area contributed by atoms with Gasteiger partial charge in [0.05, 0.1) is 51.7 Å². The topological polar surface area (TPSA) is 192 Å². The lowest BCUT2D eigenvalue weighted by atomic mass is 10.1. The van der Waals surface area contributed by atoms with Crippen LogP contribution < -0.4 is 40.1 Å². The van der Waals surface area contributed by atoms with E-state index in [0.717, 1.165) is 83.6 Å². The van der Waals surface area contributed by atoms with Gasteiger partial charge in [0.15, 0.2) is 22.8 Å². The van der Waals surface area contributed by atoms with E-state index in [0.29, 0.717) is 89.3 Å². The number of hydrogen-bond donors (Lipinski definition) is 3. The van der Waals surface area contributed by atoms with Gasteiger partial charge in [-0.3, -0.25) is 14.3 Å². The molecule has 2 saturated heterocycles. The van der Waals surface area contributed by atoms with Crippen LogP contribution in [0.25, 0.3) is 11.2 Å². The Hall–Kier alpha value is -6.35. The first kappa shape index (κ1) is 44.8. The number of nitrogens with zero attached hydrogens (tertiary/aromatic N) is 13. The number of carbonyl (C=O) groups excluding carboxylic acids is 2. The van der Waals surface area contributed by atoms with Gasteiger partial charge in [0.2, 0.25) is 17.8 Å². The minimum Gasteiger partial charge on any atom is -0.495 e. The minimum absolute atomic E-state index is 0.0334. The van der Waals surface area contributed by atoms with Crippen LogP contribution in [-0.2, 0) is 18.4 Å². The Labute approximate surface area is 383 Å². The summed E-state index contributed by atoms with van der Waals surface area (Å²) in [5.74, 6) is 2.85. The van der Waals surface area contributed by atoms with Crippen LogP contribution in [0.1, 0.15) is 55.8 Å². The predicted octanol–water partition coefficient (Wildman–Crippen LogP) is 4.20. The minimum atomic E-state index is -0.925. The van der Waals surface area contributed by atoms with E-state index in [2.05, 4.69) is 45.7 Å². The number of nitrogens with one attached hydrogen (secondary N) is 3. The number of anilines is 7. The van der Waals surface area contributed by atoms with Gasteiger partial charge >= 0.3 is 0 Å². The molecule has 4 aromatic heterocycles. The molecule has 7 heterocycles. The first-order valence-electron chi connectivity index (χ1n) is 23.1. The highest BCUT2D eigenvalue weighted by molar-refractivity contribution is 6.02. The molecule has 3 aliphatic heterocycles. The van der Waals surface area contributed by atoms with Crippen molar-refractivity contribution in [3.05, 3.63) is 42.5 Å². The predicted molar refractivity (Wildman–Crippen MR) is 250 cm³/mol. The number of piperazine rings is 1. The molecule has 0 bridgehead atoms. The van der Waals surface area contributed by atoms with Gasteiger partial charge in [-0.1, -0.05) is 19.8 Å². The number of halogens is 1. The fourth-order valence-corrected chi connectivity index (χ4v) is 9.41. The number of aryl methyl sites for hydroxylation is 2. The lowest BCUT2D eigenvalue weighted by Gasteiger charge is -2.37. The van der Waals surface area contributed by atoms with Gasteiger partial charge in [-0.25, -0.2) is 14.4 Å². The van der Waals surface area contributed by atoms with E-state index in [1.165, 1.54) is 0 Å². The van der Waals surface area contributed by atoms with Crippen molar-refractivity contribution in [1.29, 1.82) is 0 Å². The maximum Gasteiger partial charge on any atom is 0.256 e. The van der Waals surface area contributed by atoms with Crippen molar-refractivity contribution in [2.24, 2.45) is 13.0 Å². The molecule has 4 aliphatic rings. The molecular weight excluding hydrogens is 848 g/mol. The third kappa shape index (κ3) is 9.62. The molecule has 20 nitrogen and oxygen atoms in total. The third-order valence-corrected chi connectivity index (χ3v) is 13.3. The van der Waals surface area contributed by atoms with E-state index in [4.69, 9.17) is 24.4 Å². The van der Waals surface area contributed by atoms with Gasteiger partial charge in [0.25, 0.3) is 11.8 Å². The Morgan fingerprint density at radius 1 is 0.909 bits per heavy atom.